The summed E-state index contributed by atoms with van der Waals surface area (Å²) in [5, 5.41) is 10.2. The Hall–Kier alpha value is -0.670. The van der Waals surface area contributed by atoms with E-state index >= 15 is 0 Å². The van der Waals surface area contributed by atoms with E-state index in [0.717, 1.165) is 6.42 Å². The lowest BCUT2D eigenvalue weighted by Crippen LogP contribution is -2.52. The van der Waals surface area contributed by atoms with Crippen molar-refractivity contribution in [2.24, 2.45) is 5.73 Å². The minimum atomic E-state index is -0.0717. The maximum Gasteiger partial charge on any atom is 0.115 e. The van der Waals surface area contributed by atoms with Crippen LogP contribution in [0.2, 0.25) is 0 Å². The lowest BCUT2D eigenvalue weighted by atomic mass is 9.69. The highest BCUT2D eigenvalue weighted by Crippen LogP contribution is 2.41. The number of thioether (sulfide) groups is 1. The quantitative estimate of drug-likeness (QED) is 0.883. The van der Waals surface area contributed by atoms with Gasteiger partial charge in [-0.2, -0.15) is 11.8 Å². The predicted octanol–water partition coefficient (Wildman–Crippen LogP) is 3.07. The first kappa shape index (κ1) is 13.8. The van der Waals surface area contributed by atoms with Gasteiger partial charge in [-0.1, -0.05) is 26.8 Å². The summed E-state index contributed by atoms with van der Waals surface area (Å²) in [4.78, 5) is 0. The highest BCUT2D eigenvalue weighted by atomic mass is 32.2. The van der Waals surface area contributed by atoms with Crippen LogP contribution in [0.15, 0.2) is 18.2 Å². The van der Waals surface area contributed by atoms with Crippen molar-refractivity contribution in [2.45, 2.75) is 50.3 Å². The molecule has 0 saturated carbocycles. The van der Waals surface area contributed by atoms with Crippen molar-refractivity contribution < 1.29 is 5.11 Å². The lowest BCUT2D eigenvalue weighted by molar-refractivity contribution is 0.369. The van der Waals surface area contributed by atoms with E-state index < -0.39 is 0 Å². The second kappa shape index (κ2) is 5.14. The van der Waals surface area contributed by atoms with E-state index in [1.165, 1.54) is 23.3 Å². The Labute approximate surface area is 114 Å². The fourth-order valence-corrected chi connectivity index (χ4v) is 4.15. The van der Waals surface area contributed by atoms with Crippen molar-refractivity contribution in [1.82, 2.24) is 0 Å². The SMILES string of the molecule is CCCSC1Cc2ccc(O)cc2C(C)(C)C1N. The van der Waals surface area contributed by atoms with Crippen molar-refractivity contribution in [3.8, 4) is 5.75 Å². The summed E-state index contributed by atoms with van der Waals surface area (Å²) in [6.07, 6.45) is 2.21. The topological polar surface area (TPSA) is 46.2 Å². The van der Waals surface area contributed by atoms with Crippen LogP contribution in [0.25, 0.3) is 0 Å². The van der Waals surface area contributed by atoms with Gasteiger partial charge in [-0.3, -0.25) is 0 Å². The average molecular weight is 265 g/mol. The van der Waals surface area contributed by atoms with Gasteiger partial charge in [0.15, 0.2) is 0 Å². The molecule has 1 aromatic rings. The van der Waals surface area contributed by atoms with E-state index in [0.29, 0.717) is 11.0 Å². The fraction of sp³-hybridized carbons (Fsp3) is 0.600. The summed E-state index contributed by atoms with van der Waals surface area (Å²) in [5.74, 6) is 1.51. The lowest BCUT2D eigenvalue weighted by Gasteiger charge is -2.43. The second-order valence-corrected chi connectivity index (χ2v) is 7.05. The summed E-state index contributed by atoms with van der Waals surface area (Å²) >= 11 is 1.99. The Morgan fingerprint density at radius 1 is 1.44 bits per heavy atom. The highest BCUT2D eigenvalue weighted by molar-refractivity contribution is 7.99. The first-order chi connectivity index (χ1) is 8.46. The normalized spacial score (nSPS) is 25.8. The van der Waals surface area contributed by atoms with Gasteiger partial charge in [0.1, 0.15) is 5.75 Å². The van der Waals surface area contributed by atoms with Crippen LogP contribution in [0.1, 0.15) is 38.3 Å². The first-order valence-electron chi connectivity index (χ1n) is 6.66. The van der Waals surface area contributed by atoms with Crippen molar-refractivity contribution in [3.63, 3.8) is 0 Å². The third-order valence-electron chi connectivity index (χ3n) is 3.98. The summed E-state index contributed by atoms with van der Waals surface area (Å²) in [5.41, 5.74) is 8.94. The standard InChI is InChI=1S/C15H23NOS/c1-4-7-18-13-8-10-5-6-11(17)9-12(10)15(2,3)14(13)16/h5-6,9,13-14,17H,4,7-8,16H2,1-3H3. The summed E-state index contributed by atoms with van der Waals surface area (Å²) in [7, 11) is 0. The first-order valence-corrected chi connectivity index (χ1v) is 7.71. The minimum absolute atomic E-state index is 0.0717. The van der Waals surface area contributed by atoms with Crippen LogP contribution in [-0.4, -0.2) is 22.2 Å². The number of fused-ring (bicyclic) bond motifs is 1. The average Bonchev–Trinajstić information content (AvgIpc) is 2.33. The molecule has 2 atom stereocenters. The van der Waals surface area contributed by atoms with Gasteiger partial charge in [0, 0.05) is 16.7 Å². The smallest absolute Gasteiger partial charge is 0.115 e. The molecule has 2 rings (SSSR count). The maximum absolute atomic E-state index is 9.67. The van der Waals surface area contributed by atoms with Crippen molar-refractivity contribution in [2.75, 3.05) is 5.75 Å². The van der Waals surface area contributed by atoms with Gasteiger partial charge >= 0.3 is 0 Å². The number of benzene rings is 1. The highest BCUT2D eigenvalue weighted by Gasteiger charge is 2.40. The van der Waals surface area contributed by atoms with Crippen LogP contribution < -0.4 is 5.73 Å². The Balaban J connectivity index is 2.34. The van der Waals surface area contributed by atoms with E-state index in [4.69, 9.17) is 5.73 Å². The van der Waals surface area contributed by atoms with Crippen molar-refractivity contribution in [1.29, 1.82) is 0 Å². The Morgan fingerprint density at radius 2 is 2.17 bits per heavy atom. The number of phenolic OH excluding ortho intramolecular Hbond substituents is 1. The van der Waals surface area contributed by atoms with Gasteiger partial charge in [0.05, 0.1) is 0 Å². The molecule has 0 aliphatic heterocycles. The van der Waals surface area contributed by atoms with Gasteiger partial charge in [-0.05, 0) is 41.9 Å². The number of hydrogen-bond acceptors (Lipinski definition) is 3. The molecule has 2 unspecified atom stereocenters. The van der Waals surface area contributed by atoms with Crippen LogP contribution in [0.4, 0.5) is 0 Å². The number of hydrogen-bond donors (Lipinski definition) is 2. The van der Waals surface area contributed by atoms with Gasteiger partial charge in [-0.15, -0.1) is 0 Å². The number of nitrogens with two attached hydrogens (primary N) is 1. The fourth-order valence-electron chi connectivity index (χ4n) is 2.76. The van der Waals surface area contributed by atoms with Gasteiger partial charge in [0.25, 0.3) is 0 Å². The summed E-state index contributed by atoms with van der Waals surface area (Å²) in [6.45, 7) is 6.59. The maximum atomic E-state index is 9.67. The molecule has 0 fully saturated rings. The zero-order chi connectivity index (χ0) is 13.3. The van der Waals surface area contributed by atoms with Crippen LogP contribution in [0.3, 0.4) is 0 Å². The zero-order valence-corrected chi connectivity index (χ0v) is 12.3. The van der Waals surface area contributed by atoms with Crippen molar-refractivity contribution >= 4 is 11.8 Å². The molecule has 1 aliphatic rings. The van der Waals surface area contributed by atoms with E-state index in [-0.39, 0.29) is 11.5 Å². The molecule has 3 heteroatoms. The minimum Gasteiger partial charge on any atom is -0.508 e. The molecule has 0 heterocycles. The molecular weight excluding hydrogens is 242 g/mol. The van der Waals surface area contributed by atoms with Gasteiger partial charge in [-0.25, -0.2) is 0 Å². The molecule has 0 amide bonds. The molecule has 0 aromatic heterocycles. The molecule has 1 aromatic carbocycles. The molecule has 18 heavy (non-hydrogen) atoms. The van der Waals surface area contributed by atoms with Gasteiger partial charge < -0.3 is 10.8 Å². The van der Waals surface area contributed by atoms with E-state index in [1.54, 1.807) is 6.07 Å². The number of aromatic hydroxyl groups is 1. The van der Waals surface area contributed by atoms with Crippen LogP contribution in [0.5, 0.6) is 5.75 Å². The zero-order valence-electron chi connectivity index (χ0n) is 11.4. The summed E-state index contributed by atoms with van der Waals surface area (Å²) in [6, 6.07) is 5.87. The molecule has 0 radical (unpaired) electrons. The second-order valence-electron chi connectivity index (χ2n) is 5.70. The summed E-state index contributed by atoms with van der Waals surface area (Å²) < 4.78 is 0. The van der Waals surface area contributed by atoms with Crippen LogP contribution in [-0.2, 0) is 11.8 Å². The molecule has 100 valence electrons. The Bertz CT molecular complexity index is 431. The molecule has 0 spiro atoms. The number of rotatable bonds is 3. The monoisotopic (exact) mass is 265 g/mol. The number of phenols is 1. The molecule has 2 nitrogen and oxygen atoms in total. The van der Waals surface area contributed by atoms with Crippen molar-refractivity contribution in [3.05, 3.63) is 29.3 Å². The third-order valence-corrected chi connectivity index (χ3v) is 5.51. The molecule has 0 bridgehead atoms. The van der Waals surface area contributed by atoms with Crippen LogP contribution >= 0.6 is 11.8 Å². The Morgan fingerprint density at radius 3 is 2.83 bits per heavy atom. The Kier molecular flexibility index (Phi) is 3.93. The van der Waals surface area contributed by atoms with Gasteiger partial charge in [0.2, 0.25) is 0 Å². The van der Waals surface area contributed by atoms with E-state index in [9.17, 15) is 5.11 Å². The van der Waals surface area contributed by atoms with E-state index in [1.807, 2.05) is 17.8 Å². The largest absolute Gasteiger partial charge is 0.508 e. The molecular formula is C15H23NOS. The third kappa shape index (κ3) is 2.39. The molecule has 3 N–H and O–H groups in total. The molecule has 1 aliphatic carbocycles. The van der Waals surface area contributed by atoms with E-state index in [2.05, 4.69) is 26.8 Å². The van der Waals surface area contributed by atoms with Crippen LogP contribution in [0, 0.1) is 0 Å². The molecule has 0 saturated heterocycles. The predicted molar refractivity (Wildman–Crippen MR) is 79.3 cm³/mol.